The van der Waals surface area contributed by atoms with Crippen molar-refractivity contribution in [3.05, 3.63) is 59.2 Å². The summed E-state index contributed by atoms with van der Waals surface area (Å²) in [5, 5.41) is 2.81. The smallest absolute Gasteiger partial charge is 0.254 e. The first-order valence-electron chi connectivity index (χ1n) is 9.90. The van der Waals surface area contributed by atoms with Crippen LogP contribution in [0.3, 0.4) is 0 Å². The molecule has 0 saturated heterocycles. The van der Waals surface area contributed by atoms with E-state index < -0.39 is 6.04 Å². The summed E-state index contributed by atoms with van der Waals surface area (Å²) in [5.41, 5.74) is 4.06. The number of fused-ring (bicyclic) bond motifs is 1. The number of carbonyl (C=O) groups is 2. The molecular weight excluding hydrogens is 352 g/mol. The zero-order valence-corrected chi connectivity index (χ0v) is 16.8. The van der Waals surface area contributed by atoms with Gasteiger partial charge in [-0.25, -0.2) is 0 Å². The van der Waals surface area contributed by atoms with Crippen molar-refractivity contribution in [3.63, 3.8) is 0 Å². The Kier molecular flexibility index (Phi) is 6.34. The molecule has 1 atom stereocenters. The summed E-state index contributed by atoms with van der Waals surface area (Å²) in [6.45, 7) is 6.44. The highest BCUT2D eigenvalue weighted by molar-refractivity contribution is 6.06. The third-order valence-electron chi connectivity index (χ3n) is 4.95. The number of unbranched alkanes of at least 4 members (excludes halogenated alkanes) is 1. The summed E-state index contributed by atoms with van der Waals surface area (Å²) in [5.74, 6) is 0.479. The standard InChI is InChI=1S/C23H28N2O3/c1-4-5-8-18-10-11-21-20(15-18)22(24-17(3)26)23(27)25(21)12-13-28-19-9-6-7-16(2)14-19/h6-7,9-11,14-15,22H,4-5,8,12-13H2,1-3H3,(H,24,26)/t22-/m0/s1. The van der Waals surface area contributed by atoms with E-state index in [0.29, 0.717) is 13.2 Å². The van der Waals surface area contributed by atoms with E-state index in [9.17, 15) is 9.59 Å². The molecule has 0 aliphatic carbocycles. The zero-order chi connectivity index (χ0) is 20.1. The van der Waals surface area contributed by atoms with Crippen molar-refractivity contribution in [3.8, 4) is 5.75 Å². The Balaban J connectivity index is 1.76. The number of aryl methyl sites for hydroxylation is 2. The molecule has 0 spiro atoms. The molecule has 1 N–H and O–H groups in total. The Morgan fingerprint density at radius 3 is 2.75 bits per heavy atom. The number of amides is 2. The normalized spacial score (nSPS) is 15.5. The summed E-state index contributed by atoms with van der Waals surface area (Å²) in [4.78, 5) is 26.3. The maximum absolute atomic E-state index is 13.0. The maximum atomic E-state index is 13.0. The van der Waals surface area contributed by atoms with E-state index in [1.807, 2.05) is 37.3 Å². The SMILES string of the molecule is CCCCc1ccc2c(c1)[C@H](NC(C)=O)C(=O)N2CCOc1cccc(C)c1. The van der Waals surface area contributed by atoms with Crippen LogP contribution in [0, 0.1) is 6.92 Å². The lowest BCUT2D eigenvalue weighted by Crippen LogP contribution is -2.38. The number of hydrogen-bond acceptors (Lipinski definition) is 3. The summed E-state index contributed by atoms with van der Waals surface area (Å²) in [7, 11) is 0. The van der Waals surface area contributed by atoms with Gasteiger partial charge in [0.25, 0.3) is 5.91 Å². The van der Waals surface area contributed by atoms with Gasteiger partial charge in [0.2, 0.25) is 5.91 Å². The van der Waals surface area contributed by atoms with Gasteiger partial charge < -0.3 is 15.0 Å². The number of nitrogens with zero attached hydrogens (tertiary/aromatic N) is 1. The number of rotatable bonds is 8. The van der Waals surface area contributed by atoms with Gasteiger partial charge in [-0.15, -0.1) is 0 Å². The zero-order valence-electron chi connectivity index (χ0n) is 16.8. The molecule has 0 radical (unpaired) electrons. The highest BCUT2D eigenvalue weighted by atomic mass is 16.5. The molecule has 1 aliphatic rings. The molecule has 1 heterocycles. The van der Waals surface area contributed by atoms with E-state index >= 15 is 0 Å². The third kappa shape index (κ3) is 4.53. The third-order valence-corrected chi connectivity index (χ3v) is 4.95. The van der Waals surface area contributed by atoms with Crippen LogP contribution in [-0.2, 0) is 16.0 Å². The first kappa shape index (κ1) is 19.9. The second-order valence-electron chi connectivity index (χ2n) is 7.29. The molecule has 2 aromatic rings. The van der Waals surface area contributed by atoms with Gasteiger partial charge in [-0.05, 0) is 49.1 Å². The molecule has 3 rings (SSSR count). The first-order chi connectivity index (χ1) is 13.5. The fourth-order valence-electron chi connectivity index (χ4n) is 3.56. The van der Waals surface area contributed by atoms with Crippen molar-refractivity contribution in [2.45, 2.75) is 46.1 Å². The minimum absolute atomic E-state index is 0.106. The van der Waals surface area contributed by atoms with Crippen molar-refractivity contribution in [1.29, 1.82) is 0 Å². The monoisotopic (exact) mass is 380 g/mol. The number of benzene rings is 2. The molecule has 1 aliphatic heterocycles. The van der Waals surface area contributed by atoms with E-state index in [2.05, 4.69) is 24.4 Å². The van der Waals surface area contributed by atoms with E-state index in [1.165, 1.54) is 12.5 Å². The molecule has 28 heavy (non-hydrogen) atoms. The molecule has 148 valence electrons. The number of hydrogen-bond donors (Lipinski definition) is 1. The number of ether oxygens (including phenoxy) is 1. The van der Waals surface area contributed by atoms with E-state index in [4.69, 9.17) is 4.74 Å². The van der Waals surface area contributed by atoms with Gasteiger partial charge in [0.15, 0.2) is 0 Å². The Labute approximate surface area is 166 Å². The van der Waals surface area contributed by atoms with E-state index in [-0.39, 0.29) is 11.8 Å². The number of carbonyl (C=O) groups excluding carboxylic acids is 2. The van der Waals surface area contributed by atoms with Gasteiger partial charge in [-0.3, -0.25) is 9.59 Å². The molecule has 2 aromatic carbocycles. The van der Waals surface area contributed by atoms with Crippen LogP contribution in [0.25, 0.3) is 0 Å². The Bertz CT molecular complexity index is 863. The fraction of sp³-hybridized carbons (Fsp3) is 0.391. The molecule has 2 amide bonds. The average molecular weight is 380 g/mol. The van der Waals surface area contributed by atoms with Crippen LogP contribution in [0.1, 0.15) is 49.4 Å². The van der Waals surface area contributed by atoms with Crippen molar-refractivity contribution in [2.75, 3.05) is 18.1 Å². The van der Waals surface area contributed by atoms with Gasteiger partial charge in [0, 0.05) is 18.2 Å². The Morgan fingerprint density at radius 2 is 2.04 bits per heavy atom. The summed E-state index contributed by atoms with van der Waals surface area (Å²) >= 11 is 0. The molecule has 0 unspecified atom stereocenters. The van der Waals surface area contributed by atoms with Gasteiger partial charge >= 0.3 is 0 Å². The quantitative estimate of drug-likeness (QED) is 0.755. The highest BCUT2D eigenvalue weighted by Crippen LogP contribution is 2.36. The fourth-order valence-corrected chi connectivity index (χ4v) is 3.56. The highest BCUT2D eigenvalue weighted by Gasteiger charge is 2.37. The molecule has 5 heteroatoms. The number of nitrogens with one attached hydrogen (secondary N) is 1. The number of anilines is 1. The molecule has 5 nitrogen and oxygen atoms in total. The van der Waals surface area contributed by atoms with Gasteiger partial charge in [-0.1, -0.05) is 37.6 Å². The second-order valence-corrected chi connectivity index (χ2v) is 7.29. The minimum atomic E-state index is -0.618. The average Bonchev–Trinajstić information content (AvgIpc) is 2.91. The lowest BCUT2D eigenvalue weighted by atomic mass is 10.0. The van der Waals surface area contributed by atoms with Gasteiger partial charge in [0.1, 0.15) is 18.4 Å². The van der Waals surface area contributed by atoms with Crippen LogP contribution < -0.4 is 15.0 Å². The molecule has 0 saturated carbocycles. The van der Waals surface area contributed by atoms with E-state index in [1.54, 1.807) is 4.90 Å². The van der Waals surface area contributed by atoms with Crippen LogP contribution in [0.4, 0.5) is 5.69 Å². The summed E-state index contributed by atoms with van der Waals surface area (Å²) < 4.78 is 5.82. The molecule has 0 bridgehead atoms. The summed E-state index contributed by atoms with van der Waals surface area (Å²) in [6.07, 6.45) is 3.19. The van der Waals surface area contributed by atoms with Crippen molar-refractivity contribution in [2.24, 2.45) is 0 Å². The predicted octanol–water partition coefficient (Wildman–Crippen LogP) is 3.94. The maximum Gasteiger partial charge on any atom is 0.254 e. The van der Waals surface area contributed by atoms with Crippen molar-refractivity contribution in [1.82, 2.24) is 5.32 Å². The van der Waals surface area contributed by atoms with E-state index in [0.717, 1.165) is 41.8 Å². The Hall–Kier alpha value is -2.82. The van der Waals surface area contributed by atoms with Gasteiger partial charge in [0.05, 0.1) is 6.54 Å². The molecule has 0 fully saturated rings. The van der Waals surface area contributed by atoms with Crippen molar-refractivity contribution >= 4 is 17.5 Å². The lowest BCUT2D eigenvalue weighted by Gasteiger charge is -2.18. The summed E-state index contributed by atoms with van der Waals surface area (Å²) in [6, 6.07) is 13.4. The lowest BCUT2D eigenvalue weighted by molar-refractivity contribution is -0.126. The first-order valence-corrected chi connectivity index (χ1v) is 9.90. The van der Waals surface area contributed by atoms with Crippen molar-refractivity contribution < 1.29 is 14.3 Å². The minimum Gasteiger partial charge on any atom is -0.492 e. The van der Waals surface area contributed by atoms with Gasteiger partial charge in [-0.2, -0.15) is 0 Å². The largest absolute Gasteiger partial charge is 0.492 e. The van der Waals surface area contributed by atoms with Crippen LogP contribution in [0.5, 0.6) is 5.75 Å². The van der Waals surface area contributed by atoms with Crippen LogP contribution >= 0.6 is 0 Å². The predicted molar refractivity (Wildman–Crippen MR) is 111 cm³/mol. The Morgan fingerprint density at radius 1 is 1.21 bits per heavy atom. The van der Waals surface area contributed by atoms with Crippen LogP contribution in [0.2, 0.25) is 0 Å². The topological polar surface area (TPSA) is 58.6 Å². The van der Waals surface area contributed by atoms with Crippen LogP contribution in [0.15, 0.2) is 42.5 Å². The molecular formula is C23H28N2O3. The molecule has 0 aromatic heterocycles. The second kappa shape index (κ2) is 8.91. The van der Waals surface area contributed by atoms with Crippen LogP contribution in [-0.4, -0.2) is 25.0 Å².